The molecule has 0 heterocycles. The highest BCUT2D eigenvalue weighted by Gasteiger charge is 2.35. The van der Waals surface area contributed by atoms with Crippen molar-refractivity contribution in [2.24, 2.45) is 0 Å². The van der Waals surface area contributed by atoms with Crippen molar-refractivity contribution < 1.29 is 23.9 Å². The molecule has 0 aliphatic carbocycles. The van der Waals surface area contributed by atoms with Crippen molar-refractivity contribution in [2.75, 3.05) is 19.8 Å². The Labute approximate surface area is 289 Å². The lowest BCUT2D eigenvalue weighted by Gasteiger charge is -2.26. The van der Waals surface area contributed by atoms with E-state index in [4.69, 9.17) is 9.47 Å². The summed E-state index contributed by atoms with van der Waals surface area (Å²) in [6, 6.07) is 0.0980. The van der Waals surface area contributed by atoms with E-state index in [0.29, 0.717) is 10.7 Å². The van der Waals surface area contributed by atoms with Crippen molar-refractivity contribution in [2.45, 2.75) is 207 Å². The third-order valence-corrected chi connectivity index (χ3v) is 10.0. The second-order valence-corrected chi connectivity index (χ2v) is 14.5. The molecule has 0 saturated heterocycles. The highest BCUT2D eigenvalue weighted by molar-refractivity contribution is 8.13. The van der Waals surface area contributed by atoms with E-state index in [1.807, 2.05) is 25.9 Å². The number of carbonyl (C=O) groups excluding carboxylic acids is 3. The Morgan fingerprint density at radius 3 is 1.15 bits per heavy atom. The van der Waals surface area contributed by atoms with Crippen LogP contribution in [0.3, 0.4) is 0 Å². The molecule has 0 aromatic carbocycles. The summed E-state index contributed by atoms with van der Waals surface area (Å²) in [6.45, 7) is 10.8. The Kier molecular flexibility index (Phi) is 30.2. The minimum Gasteiger partial charge on any atom is -0.445 e. The molecule has 8 heteroatoms. The Hall–Kier alpha value is -1.28. The zero-order chi connectivity index (χ0) is 34.4. The van der Waals surface area contributed by atoms with Crippen molar-refractivity contribution in [3.8, 4) is 0 Å². The number of unbranched alkanes of at least 4 members (excludes halogenated alkanes) is 16. The fourth-order valence-corrected chi connectivity index (χ4v) is 6.41. The van der Waals surface area contributed by atoms with Gasteiger partial charge >= 0.3 is 17.4 Å². The average Bonchev–Trinajstić information content (AvgIpc) is 3.03. The molecule has 3 amide bonds. The van der Waals surface area contributed by atoms with Gasteiger partial charge in [-0.25, -0.2) is 9.59 Å². The zero-order valence-electron chi connectivity index (χ0n) is 31.3. The fourth-order valence-electron chi connectivity index (χ4n) is 5.45. The van der Waals surface area contributed by atoms with Crippen LogP contribution in [0.5, 0.6) is 0 Å². The standard InChI is InChI=1S/C38H74N2O5S/c1-8-12-16-20-22-26-30-34(28-24-18-14-10-3)44-36(41)40(38(43)46-32-33(5)39(6)7)37(42)45-35(29-25-19-15-11-4)31-27-23-21-17-13-9-2/h33-35H,8-32H2,1-7H3. The van der Waals surface area contributed by atoms with Gasteiger partial charge < -0.3 is 14.4 Å². The first-order valence-electron chi connectivity index (χ1n) is 19.3. The van der Waals surface area contributed by atoms with Crippen LogP contribution in [0.4, 0.5) is 14.4 Å². The van der Waals surface area contributed by atoms with Crippen LogP contribution in [0, 0.1) is 0 Å². The molecule has 3 atom stereocenters. The molecular formula is C38H74N2O5S. The second kappa shape index (κ2) is 31.0. The maximum Gasteiger partial charge on any atom is 0.427 e. The van der Waals surface area contributed by atoms with E-state index >= 15 is 0 Å². The molecule has 0 radical (unpaired) electrons. The number of hydrogen-bond acceptors (Lipinski definition) is 7. The highest BCUT2D eigenvalue weighted by Crippen LogP contribution is 2.23. The Balaban J connectivity index is 5.71. The van der Waals surface area contributed by atoms with E-state index in [9.17, 15) is 14.4 Å². The first-order chi connectivity index (χ1) is 22.2. The summed E-state index contributed by atoms with van der Waals surface area (Å²) in [5.74, 6) is 0.458. The van der Waals surface area contributed by atoms with Gasteiger partial charge in [-0.2, -0.15) is 0 Å². The van der Waals surface area contributed by atoms with Gasteiger partial charge in [0.15, 0.2) is 0 Å². The molecule has 0 aromatic rings. The lowest BCUT2D eigenvalue weighted by Crippen LogP contribution is -2.44. The molecule has 0 N–H and O–H groups in total. The summed E-state index contributed by atoms with van der Waals surface area (Å²) in [6.07, 6.45) is 23.2. The third-order valence-electron chi connectivity index (χ3n) is 8.93. The van der Waals surface area contributed by atoms with Crippen molar-refractivity contribution in [3.05, 3.63) is 0 Å². The Bertz CT molecular complexity index is 705. The van der Waals surface area contributed by atoms with Crippen LogP contribution in [0.1, 0.15) is 189 Å². The molecule has 0 spiro atoms. The maximum absolute atomic E-state index is 13.7. The fraction of sp³-hybridized carbons (Fsp3) is 0.921. The number of rotatable bonds is 29. The van der Waals surface area contributed by atoms with Gasteiger partial charge in [0.1, 0.15) is 12.2 Å². The highest BCUT2D eigenvalue weighted by atomic mass is 32.2. The Morgan fingerprint density at radius 2 is 0.826 bits per heavy atom. The number of imide groups is 3. The molecule has 0 aliphatic rings. The molecule has 0 rings (SSSR count). The lowest BCUT2D eigenvalue weighted by molar-refractivity contribution is 0.0394. The van der Waals surface area contributed by atoms with E-state index in [0.717, 1.165) is 114 Å². The van der Waals surface area contributed by atoms with Gasteiger partial charge in [0.25, 0.3) is 0 Å². The monoisotopic (exact) mass is 671 g/mol. The number of thioether (sulfide) groups is 1. The molecular weight excluding hydrogens is 596 g/mol. The minimum atomic E-state index is -0.879. The van der Waals surface area contributed by atoms with Gasteiger partial charge in [-0.05, 0) is 72.4 Å². The van der Waals surface area contributed by atoms with Gasteiger partial charge in [-0.15, -0.1) is 4.90 Å². The van der Waals surface area contributed by atoms with E-state index in [1.165, 1.54) is 51.4 Å². The topological polar surface area (TPSA) is 76.1 Å². The van der Waals surface area contributed by atoms with Crippen molar-refractivity contribution in [1.29, 1.82) is 0 Å². The summed E-state index contributed by atoms with van der Waals surface area (Å²) in [5.41, 5.74) is 0. The van der Waals surface area contributed by atoms with Gasteiger partial charge in [0.05, 0.1) is 0 Å². The van der Waals surface area contributed by atoms with Crippen molar-refractivity contribution in [1.82, 2.24) is 9.80 Å². The predicted molar refractivity (Wildman–Crippen MR) is 197 cm³/mol. The average molecular weight is 671 g/mol. The summed E-state index contributed by atoms with van der Waals surface area (Å²) in [4.78, 5) is 43.5. The van der Waals surface area contributed by atoms with E-state index in [-0.39, 0.29) is 18.2 Å². The Morgan fingerprint density at radius 1 is 0.522 bits per heavy atom. The SMILES string of the molecule is CCCCCCCCC(CCCCCC)OC(=O)N(C(=O)OC(CCCCCC)CCCCCCCC)C(=O)SCC(C)N(C)C. The van der Waals surface area contributed by atoms with E-state index in [1.54, 1.807) is 0 Å². The normalized spacial score (nSPS) is 13.4. The smallest absolute Gasteiger partial charge is 0.427 e. The number of amides is 3. The lowest BCUT2D eigenvalue weighted by atomic mass is 10.0. The number of ether oxygens (including phenoxy) is 2. The van der Waals surface area contributed by atoms with Gasteiger partial charge in [-0.3, -0.25) is 4.79 Å². The van der Waals surface area contributed by atoms with Crippen LogP contribution in [0.15, 0.2) is 0 Å². The zero-order valence-corrected chi connectivity index (χ0v) is 32.1. The van der Waals surface area contributed by atoms with Crippen LogP contribution in [0.2, 0.25) is 0 Å². The number of hydrogen-bond donors (Lipinski definition) is 0. The molecule has 272 valence electrons. The molecule has 0 aromatic heterocycles. The van der Waals surface area contributed by atoms with Crippen LogP contribution < -0.4 is 0 Å². The maximum atomic E-state index is 13.7. The number of nitrogens with zero attached hydrogens (tertiary/aromatic N) is 2. The quantitative estimate of drug-likeness (QED) is 0.0733. The van der Waals surface area contributed by atoms with E-state index < -0.39 is 17.4 Å². The predicted octanol–water partition coefficient (Wildman–Crippen LogP) is 12.5. The molecule has 0 bridgehead atoms. The molecule has 7 nitrogen and oxygen atoms in total. The first kappa shape index (κ1) is 44.7. The van der Waals surface area contributed by atoms with Crippen LogP contribution in [-0.4, -0.2) is 65.3 Å². The first-order valence-corrected chi connectivity index (χ1v) is 20.2. The molecule has 0 aliphatic heterocycles. The van der Waals surface area contributed by atoms with Crippen LogP contribution in [-0.2, 0) is 9.47 Å². The van der Waals surface area contributed by atoms with Gasteiger partial charge in [-0.1, -0.05) is 142 Å². The molecule has 3 unspecified atom stereocenters. The second-order valence-electron chi connectivity index (χ2n) is 13.5. The molecule has 46 heavy (non-hydrogen) atoms. The van der Waals surface area contributed by atoms with Gasteiger partial charge in [0, 0.05) is 11.8 Å². The summed E-state index contributed by atoms with van der Waals surface area (Å²) >= 11 is 0.982. The molecule has 0 fully saturated rings. The van der Waals surface area contributed by atoms with Crippen molar-refractivity contribution in [3.63, 3.8) is 0 Å². The van der Waals surface area contributed by atoms with Crippen LogP contribution in [0.25, 0.3) is 0 Å². The molecule has 0 saturated carbocycles. The number of carbonyl (C=O) groups is 3. The summed E-state index contributed by atoms with van der Waals surface area (Å²) in [7, 11) is 3.90. The van der Waals surface area contributed by atoms with Crippen molar-refractivity contribution >= 4 is 29.2 Å². The van der Waals surface area contributed by atoms with Gasteiger partial charge in [0.2, 0.25) is 0 Å². The minimum absolute atomic E-state index is 0.0980. The van der Waals surface area contributed by atoms with Crippen LogP contribution >= 0.6 is 11.8 Å². The summed E-state index contributed by atoms with van der Waals surface area (Å²) < 4.78 is 12.0. The van der Waals surface area contributed by atoms with E-state index in [2.05, 4.69) is 27.7 Å². The summed E-state index contributed by atoms with van der Waals surface area (Å²) in [5, 5.41) is -0.614. The third kappa shape index (κ3) is 23.9. The largest absolute Gasteiger partial charge is 0.445 e.